The van der Waals surface area contributed by atoms with Crippen LogP contribution in [0.1, 0.15) is 22.3 Å². The zero-order valence-electron chi connectivity index (χ0n) is 78.6. The molecule has 0 bridgehead atoms. The first-order chi connectivity index (χ1) is 70.5. The minimum Gasteiger partial charge on any atom is -0.356 e. The van der Waals surface area contributed by atoms with Crippen LogP contribution in [0.15, 0.2) is 551 Å². The van der Waals surface area contributed by atoms with Gasteiger partial charge in [0.1, 0.15) is 0 Å². The van der Waals surface area contributed by atoms with Crippen LogP contribution < -0.4 is 10.2 Å². The van der Waals surface area contributed by atoms with Gasteiger partial charge in [-0.15, -0.1) is 0 Å². The van der Waals surface area contributed by atoms with Gasteiger partial charge >= 0.3 is 0 Å². The first kappa shape index (κ1) is 100. The number of nitrogens with zero attached hydrogens (tertiary/aromatic N) is 3. The summed E-state index contributed by atoms with van der Waals surface area (Å²) in [5.41, 5.74) is 30.0. The van der Waals surface area contributed by atoms with Gasteiger partial charge in [0, 0.05) is 135 Å². The fourth-order valence-corrected chi connectivity index (χ4v) is 20.3. The van der Waals surface area contributed by atoms with Crippen LogP contribution in [-0.4, -0.2) is 19.1 Å². The minimum atomic E-state index is 1.08. The molecule has 0 aliphatic heterocycles. The molecule has 144 heavy (non-hydrogen) atoms. The third-order valence-corrected chi connectivity index (χ3v) is 29.0. The fraction of sp³-hybridized carbons (Fsp3) is 0.0154. The average Bonchev–Trinajstić information content (AvgIpc) is 1.52. The molecular weight excluding hydrogens is 2280 g/mol. The molecule has 0 amide bonds. The molecule has 0 saturated heterocycles. The number of aryl methyl sites for hydroxylation is 2. The standard InChI is InChI=1S/C28H24BrN.2C18H12BrN.C18H14BrN.2C12H8BrN.2C12H9Br/c1-21-3-15-26(16-4-21)30(27-17-5-22(2)6-18-27)28-19-11-24(12-20-28)8-7-23-9-13-25(29)14-10-23;19-13-6-5-7-14(12-13)20-17-10-3-1-8-15(17)16-9-2-4-11-18(16)20;19-13-9-11-14(12-10-13)20-17-7-3-1-5-15(17)16-6-2-4-8-18(16)20;19-16-8-12-18(13-9-16)20-17-10-6-15(7-11-17)14-4-2-1-3-5-14;13-10-6-3-5-9-8-4-1-2-7-11(8)14-12(9)10;13-9-5-3-7-11-12(9)8-4-1-2-6-10(8)14-11;13-12-9-5-4-8-11(12)10-6-2-1-3-7-10;13-12-8-6-11(7-9-12)10-4-2-1-3-5-10/h3-20H,1-2H3;2*1-12H;1-13,20H;2*1-7,14H;2*1-9H/b8-7+;;;;;;;. The maximum Gasteiger partial charge on any atom is 0.0609 e. The first-order valence-corrected chi connectivity index (χ1v) is 53.4. The summed E-state index contributed by atoms with van der Waals surface area (Å²) in [5.74, 6) is 0. The molecule has 25 aromatic rings. The van der Waals surface area contributed by atoms with Crippen molar-refractivity contribution in [2.75, 3.05) is 10.2 Å². The van der Waals surface area contributed by atoms with Crippen molar-refractivity contribution in [2.24, 2.45) is 0 Å². The minimum absolute atomic E-state index is 1.08. The number of anilines is 5. The molecule has 0 unspecified atom stereocenters. The van der Waals surface area contributed by atoms with Gasteiger partial charge in [-0.3, -0.25) is 0 Å². The van der Waals surface area contributed by atoms with Crippen molar-refractivity contribution >= 4 is 255 Å². The van der Waals surface area contributed by atoms with E-state index >= 15 is 0 Å². The van der Waals surface area contributed by atoms with E-state index in [-0.39, 0.29) is 0 Å². The predicted molar refractivity (Wildman–Crippen MR) is 646 cm³/mol. The summed E-state index contributed by atoms with van der Waals surface area (Å²) < 4.78 is 13.5. The zero-order valence-corrected chi connectivity index (χ0v) is 91.3. The van der Waals surface area contributed by atoms with E-state index in [0.717, 1.165) is 64.2 Å². The van der Waals surface area contributed by atoms with E-state index in [0.29, 0.717) is 0 Å². The van der Waals surface area contributed by atoms with Crippen LogP contribution >= 0.6 is 127 Å². The highest BCUT2D eigenvalue weighted by molar-refractivity contribution is 9.11. The molecule has 702 valence electrons. The highest BCUT2D eigenvalue weighted by Crippen LogP contribution is 2.40. The Kier molecular flexibility index (Phi) is 34.0. The summed E-state index contributed by atoms with van der Waals surface area (Å²) >= 11 is 28.1. The fourth-order valence-electron chi connectivity index (χ4n) is 17.3. The largest absolute Gasteiger partial charge is 0.356 e. The van der Waals surface area contributed by atoms with Crippen LogP contribution in [0.25, 0.3) is 144 Å². The average molecular weight is 2380 g/mol. The number of nitrogens with one attached hydrogen (secondary N) is 3. The number of H-pyrrole nitrogens is 2. The van der Waals surface area contributed by atoms with E-state index in [1.54, 1.807) is 0 Å². The molecule has 4 aromatic heterocycles. The molecular formula is C130H96Br8N6. The summed E-state index contributed by atoms with van der Waals surface area (Å²) in [4.78, 5) is 9.08. The van der Waals surface area contributed by atoms with E-state index in [9.17, 15) is 0 Å². The van der Waals surface area contributed by atoms with Crippen LogP contribution in [0.2, 0.25) is 0 Å². The maximum absolute atomic E-state index is 3.58. The molecule has 0 radical (unpaired) electrons. The Morgan fingerprint density at radius 3 is 1.05 bits per heavy atom. The summed E-state index contributed by atoms with van der Waals surface area (Å²) in [5, 5.41) is 13.7. The third-order valence-electron chi connectivity index (χ3n) is 24.4. The molecule has 3 N–H and O–H groups in total. The molecule has 0 fully saturated rings. The number of halogens is 8. The summed E-state index contributed by atoms with van der Waals surface area (Å²) in [6.07, 6.45) is 4.29. The maximum atomic E-state index is 3.58. The van der Waals surface area contributed by atoms with Gasteiger partial charge in [-0.05, 0) is 274 Å². The Bertz CT molecular complexity index is 8430. The predicted octanol–water partition coefficient (Wildman–Crippen LogP) is 42.1. The Labute approximate surface area is 907 Å². The number of benzene rings is 21. The first-order valence-electron chi connectivity index (χ1n) is 47.1. The molecule has 0 aliphatic rings. The van der Waals surface area contributed by atoms with Crippen molar-refractivity contribution in [3.8, 4) is 44.8 Å². The quantitative estimate of drug-likeness (QED) is 0.107. The number of rotatable bonds is 12. The van der Waals surface area contributed by atoms with Gasteiger partial charge in [-0.1, -0.05) is 450 Å². The topological polar surface area (TPSA) is 56.7 Å². The molecule has 0 atom stereocenters. The van der Waals surface area contributed by atoms with Crippen molar-refractivity contribution in [2.45, 2.75) is 13.8 Å². The summed E-state index contributed by atoms with van der Waals surface area (Å²) in [6.45, 7) is 4.24. The van der Waals surface area contributed by atoms with Gasteiger partial charge in [0.15, 0.2) is 0 Å². The molecule has 6 nitrogen and oxygen atoms in total. The van der Waals surface area contributed by atoms with Gasteiger partial charge < -0.3 is 29.3 Å². The second-order valence-corrected chi connectivity index (χ2v) is 41.3. The summed E-state index contributed by atoms with van der Waals surface area (Å²) in [7, 11) is 0. The second-order valence-electron chi connectivity index (χ2n) is 34.1. The van der Waals surface area contributed by atoms with E-state index in [4.69, 9.17) is 0 Å². The summed E-state index contributed by atoms with van der Waals surface area (Å²) in [6, 6.07) is 179. The monoisotopic (exact) mass is 2370 g/mol. The third kappa shape index (κ3) is 25.2. The number of para-hydroxylation sites is 7. The van der Waals surface area contributed by atoms with Crippen molar-refractivity contribution in [3.05, 3.63) is 574 Å². The van der Waals surface area contributed by atoms with E-state index in [1.807, 2.05) is 60.7 Å². The van der Waals surface area contributed by atoms with Crippen LogP contribution in [0.5, 0.6) is 0 Å². The van der Waals surface area contributed by atoms with Crippen LogP contribution in [0.4, 0.5) is 28.4 Å². The van der Waals surface area contributed by atoms with E-state index in [1.165, 1.54) is 154 Å². The smallest absolute Gasteiger partial charge is 0.0609 e. The van der Waals surface area contributed by atoms with Gasteiger partial charge in [-0.25, -0.2) is 0 Å². The molecule has 4 heterocycles. The van der Waals surface area contributed by atoms with Crippen molar-refractivity contribution in [1.29, 1.82) is 0 Å². The van der Waals surface area contributed by atoms with Gasteiger partial charge in [0.05, 0.1) is 27.6 Å². The highest BCUT2D eigenvalue weighted by Gasteiger charge is 2.17. The lowest BCUT2D eigenvalue weighted by atomic mass is 10.1. The SMILES string of the molecule is Brc1ccc(-c2ccccc2)cc1.Brc1ccc(-n2c3ccccc3c3ccccc32)cc1.Brc1ccc(Nc2ccc(-c3ccccc3)cc2)cc1.Brc1cccc(-n2c3ccccc3c3ccccc32)c1.Brc1cccc2[nH]c3ccccc3c12.Brc1cccc2c1[nH]c1ccccc12.Brc1ccccc1-c1ccccc1.Cc1ccc(N(c2ccc(C)cc2)c2ccc(/C=C/c3ccc(Br)cc3)cc2)cc1. The Morgan fingerprint density at radius 2 is 0.562 bits per heavy atom. The second kappa shape index (κ2) is 48.9. The highest BCUT2D eigenvalue weighted by atomic mass is 79.9. The lowest BCUT2D eigenvalue weighted by molar-refractivity contribution is 1.18. The number of hydrogen-bond donors (Lipinski definition) is 3. The normalized spacial score (nSPS) is 10.8. The number of aromatic nitrogens is 4. The van der Waals surface area contributed by atoms with Crippen molar-refractivity contribution < 1.29 is 0 Å². The molecule has 0 spiro atoms. The molecule has 0 aliphatic carbocycles. The van der Waals surface area contributed by atoms with Crippen molar-refractivity contribution in [3.63, 3.8) is 0 Å². The zero-order chi connectivity index (χ0) is 99.0. The van der Waals surface area contributed by atoms with Gasteiger partial charge in [0.25, 0.3) is 0 Å². The number of aromatic amines is 2. The number of fused-ring (bicyclic) bond motifs is 12. The van der Waals surface area contributed by atoms with Crippen LogP contribution in [0.3, 0.4) is 0 Å². The van der Waals surface area contributed by atoms with E-state index < -0.39 is 0 Å². The van der Waals surface area contributed by atoms with Gasteiger partial charge in [-0.2, -0.15) is 0 Å². The Hall–Kier alpha value is -14.0. The van der Waals surface area contributed by atoms with E-state index in [2.05, 4.69) is 638 Å². The Balaban J connectivity index is 0.000000110. The molecule has 21 aromatic carbocycles. The number of hydrogen-bond acceptors (Lipinski definition) is 2. The molecule has 14 heteroatoms. The van der Waals surface area contributed by atoms with Gasteiger partial charge in [0.2, 0.25) is 0 Å². The van der Waals surface area contributed by atoms with Crippen LogP contribution in [-0.2, 0) is 0 Å². The Morgan fingerprint density at radius 1 is 0.229 bits per heavy atom. The molecule has 0 saturated carbocycles. The van der Waals surface area contributed by atoms with Crippen molar-refractivity contribution in [1.82, 2.24) is 19.1 Å². The lowest BCUT2D eigenvalue weighted by Crippen LogP contribution is -2.09. The van der Waals surface area contributed by atoms with Crippen LogP contribution in [0, 0.1) is 13.8 Å². The molecule has 25 rings (SSSR count). The lowest BCUT2D eigenvalue weighted by Gasteiger charge is -2.25.